The van der Waals surface area contributed by atoms with E-state index in [0.29, 0.717) is 11.1 Å². The summed E-state index contributed by atoms with van der Waals surface area (Å²) in [6.07, 6.45) is 1.75. The molecular formula is C15H16N2O4. The van der Waals surface area contributed by atoms with Crippen LogP contribution in [0.15, 0.2) is 28.7 Å². The van der Waals surface area contributed by atoms with Crippen molar-refractivity contribution in [1.82, 2.24) is 10.9 Å². The maximum Gasteiger partial charge on any atom is 0.305 e. The number of ether oxygens (including phenoxy) is 1. The Hall–Kier alpha value is -2.34. The van der Waals surface area contributed by atoms with E-state index >= 15 is 0 Å². The molecule has 0 unspecified atom stereocenters. The van der Waals surface area contributed by atoms with E-state index in [0.717, 1.165) is 18.2 Å². The van der Waals surface area contributed by atoms with Crippen LogP contribution in [-0.2, 0) is 16.1 Å². The Morgan fingerprint density at radius 1 is 1.29 bits per heavy atom. The molecule has 2 aromatic rings. The molecule has 0 bridgehead atoms. The first-order chi connectivity index (χ1) is 10.2. The summed E-state index contributed by atoms with van der Waals surface area (Å²) < 4.78 is 10.7. The van der Waals surface area contributed by atoms with Gasteiger partial charge in [0.15, 0.2) is 5.76 Å². The zero-order valence-electron chi connectivity index (χ0n) is 11.6. The third kappa shape index (κ3) is 2.75. The van der Waals surface area contributed by atoms with E-state index in [1.54, 1.807) is 13.2 Å². The molecule has 0 saturated heterocycles. The van der Waals surface area contributed by atoms with Gasteiger partial charge in [0, 0.05) is 24.0 Å². The van der Waals surface area contributed by atoms with E-state index in [2.05, 4.69) is 10.9 Å². The van der Waals surface area contributed by atoms with Gasteiger partial charge in [-0.1, -0.05) is 18.2 Å². The quantitative estimate of drug-likeness (QED) is 0.840. The molecule has 1 aromatic carbocycles. The van der Waals surface area contributed by atoms with Crippen molar-refractivity contribution in [1.29, 1.82) is 0 Å². The minimum Gasteiger partial charge on any atom is -0.450 e. The van der Waals surface area contributed by atoms with Crippen LogP contribution >= 0.6 is 0 Å². The Morgan fingerprint density at radius 3 is 2.76 bits per heavy atom. The number of furan rings is 1. The van der Waals surface area contributed by atoms with Crippen molar-refractivity contribution in [2.75, 3.05) is 7.11 Å². The molecule has 21 heavy (non-hydrogen) atoms. The zero-order valence-corrected chi connectivity index (χ0v) is 11.6. The molecule has 6 heteroatoms. The van der Waals surface area contributed by atoms with Crippen molar-refractivity contribution in [2.45, 2.75) is 19.4 Å². The molecule has 1 saturated carbocycles. The van der Waals surface area contributed by atoms with Crippen LogP contribution in [-0.4, -0.2) is 18.9 Å². The van der Waals surface area contributed by atoms with Crippen LogP contribution in [0.25, 0.3) is 11.0 Å². The van der Waals surface area contributed by atoms with E-state index in [-0.39, 0.29) is 24.2 Å². The van der Waals surface area contributed by atoms with Crippen LogP contribution in [0, 0.1) is 5.92 Å². The van der Waals surface area contributed by atoms with E-state index in [1.807, 2.05) is 18.2 Å². The maximum absolute atomic E-state index is 12.2. The fraction of sp³-hybridized carbons (Fsp3) is 0.333. The van der Waals surface area contributed by atoms with Crippen molar-refractivity contribution in [2.24, 2.45) is 5.92 Å². The standard InChI is InChI=1S/C15H16N2O4/c1-20-8-11-10-4-2-3-5-12(10)21-13(11)15(19)17-16-14(18)9-6-7-9/h2-5,9H,6-8H2,1H3,(H,16,18)(H,17,19). The van der Waals surface area contributed by atoms with Gasteiger partial charge < -0.3 is 9.15 Å². The zero-order chi connectivity index (χ0) is 14.8. The number of benzene rings is 1. The van der Waals surface area contributed by atoms with Crippen LogP contribution in [0.4, 0.5) is 0 Å². The Bertz CT molecular complexity index is 688. The number of hydrogen-bond acceptors (Lipinski definition) is 4. The summed E-state index contributed by atoms with van der Waals surface area (Å²) in [5, 5.41) is 0.831. The first-order valence-corrected chi connectivity index (χ1v) is 6.80. The van der Waals surface area contributed by atoms with E-state index in [1.165, 1.54) is 0 Å². The summed E-state index contributed by atoms with van der Waals surface area (Å²) in [6.45, 7) is 0.260. The van der Waals surface area contributed by atoms with Gasteiger partial charge in [-0.15, -0.1) is 0 Å². The van der Waals surface area contributed by atoms with Crippen LogP contribution < -0.4 is 10.9 Å². The number of hydrazine groups is 1. The van der Waals surface area contributed by atoms with Crippen molar-refractivity contribution in [3.63, 3.8) is 0 Å². The third-order valence-corrected chi connectivity index (χ3v) is 3.44. The highest BCUT2D eigenvalue weighted by molar-refractivity contribution is 5.99. The predicted octanol–water partition coefficient (Wildman–Crippen LogP) is 1.75. The lowest BCUT2D eigenvalue weighted by atomic mass is 10.1. The van der Waals surface area contributed by atoms with E-state index < -0.39 is 5.91 Å². The minimum atomic E-state index is -0.479. The summed E-state index contributed by atoms with van der Waals surface area (Å²) in [5.74, 6) is -0.450. The van der Waals surface area contributed by atoms with Gasteiger partial charge in [-0.25, -0.2) is 0 Å². The molecule has 1 aromatic heterocycles. The Labute approximate surface area is 121 Å². The average Bonchev–Trinajstić information content (AvgIpc) is 3.28. The van der Waals surface area contributed by atoms with Crippen molar-refractivity contribution in [3.8, 4) is 0 Å². The van der Waals surface area contributed by atoms with Gasteiger partial charge in [0.25, 0.3) is 0 Å². The van der Waals surface area contributed by atoms with Gasteiger partial charge in [-0.05, 0) is 18.9 Å². The highest BCUT2D eigenvalue weighted by atomic mass is 16.5. The fourth-order valence-electron chi connectivity index (χ4n) is 2.19. The smallest absolute Gasteiger partial charge is 0.305 e. The monoisotopic (exact) mass is 288 g/mol. The fourth-order valence-corrected chi connectivity index (χ4v) is 2.19. The summed E-state index contributed by atoms with van der Waals surface area (Å²) in [4.78, 5) is 23.7. The van der Waals surface area contributed by atoms with Gasteiger partial charge >= 0.3 is 5.91 Å². The summed E-state index contributed by atoms with van der Waals surface area (Å²) in [5.41, 5.74) is 6.10. The van der Waals surface area contributed by atoms with Gasteiger partial charge in [0.05, 0.1) is 6.61 Å². The number of carbonyl (C=O) groups is 2. The highest BCUT2D eigenvalue weighted by Crippen LogP contribution is 2.29. The minimum absolute atomic E-state index is 0.0272. The molecule has 2 amide bonds. The summed E-state index contributed by atoms with van der Waals surface area (Å²) in [6, 6.07) is 7.35. The number of fused-ring (bicyclic) bond motifs is 1. The largest absolute Gasteiger partial charge is 0.450 e. The first kappa shape index (κ1) is 13.6. The maximum atomic E-state index is 12.2. The molecule has 0 spiro atoms. The SMILES string of the molecule is COCc1c(C(=O)NNC(=O)C2CC2)oc2ccccc12. The average molecular weight is 288 g/mol. The summed E-state index contributed by atoms with van der Waals surface area (Å²) >= 11 is 0. The molecule has 3 rings (SSSR count). The molecule has 1 heterocycles. The molecule has 1 aliphatic rings. The number of rotatable bonds is 4. The second-order valence-corrected chi connectivity index (χ2v) is 5.06. The molecule has 1 aliphatic carbocycles. The van der Waals surface area contributed by atoms with Gasteiger partial charge in [0.2, 0.25) is 5.91 Å². The second kappa shape index (κ2) is 5.57. The molecule has 0 aliphatic heterocycles. The van der Waals surface area contributed by atoms with E-state index in [9.17, 15) is 9.59 Å². The number of methoxy groups -OCH3 is 1. The normalized spacial score (nSPS) is 14.1. The summed E-state index contributed by atoms with van der Waals surface area (Å²) in [7, 11) is 1.55. The van der Waals surface area contributed by atoms with Crippen molar-refractivity contribution >= 4 is 22.8 Å². The molecule has 1 fully saturated rings. The lowest BCUT2D eigenvalue weighted by molar-refractivity contribution is -0.123. The third-order valence-electron chi connectivity index (χ3n) is 3.44. The Balaban J connectivity index is 1.82. The lowest BCUT2D eigenvalue weighted by Gasteiger charge is -2.06. The first-order valence-electron chi connectivity index (χ1n) is 6.80. The molecule has 110 valence electrons. The number of hydrogen-bond donors (Lipinski definition) is 2. The number of para-hydroxylation sites is 1. The topological polar surface area (TPSA) is 80.6 Å². The molecule has 2 N–H and O–H groups in total. The van der Waals surface area contributed by atoms with Gasteiger partial charge in [-0.3, -0.25) is 20.4 Å². The number of carbonyl (C=O) groups excluding carboxylic acids is 2. The van der Waals surface area contributed by atoms with Crippen LogP contribution in [0.3, 0.4) is 0 Å². The Kier molecular flexibility index (Phi) is 3.62. The van der Waals surface area contributed by atoms with Gasteiger partial charge in [0.1, 0.15) is 5.58 Å². The Morgan fingerprint density at radius 2 is 2.05 bits per heavy atom. The number of nitrogens with one attached hydrogen (secondary N) is 2. The van der Waals surface area contributed by atoms with E-state index in [4.69, 9.17) is 9.15 Å². The molecular weight excluding hydrogens is 272 g/mol. The van der Waals surface area contributed by atoms with Crippen molar-refractivity contribution < 1.29 is 18.7 Å². The lowest BCUT2D eigenvalue weighted by Crippen LogP contribution is -2.42. The van der Waals surface area contributed by atoms with Crippen LogP contribution in [0.2, 0.25) is 0 Å². The molecule has 0 radical (unpaired) electrons. The van der Waals surface area contributed by atoms with Crippen LogP contribution in [0.1, 0.15) is 29.0 Å². The van der Waals surface area contributed by atoms with Crippen molar-refractivity contribution in [3.05, 3.63) is 35.6 Å². The highest BCUT2D eigenvalue weighted by Gasteiger charge is 2.30. The predicted molar refractivity (Wildman–Crippen MR) is 75.3 cm³/mol. The second-order valence-electron chi connectivity index (χ2n) is 5.06. The van der Waals surface area contributed by atoms with Gasteiger partial charge in [-0.2, -0.15) is 0 Å². The van der Waals surface area contributed by atoms with Crippen LogP contribution in [0.5, 0.6) is 0 Å². The number of amides is 2. The molecule has 6 nitrogen and oxygen atoms in total. The molecule has 0 atom stereocenters.